The lowest BCUT2D eigenvalue weighted by atomic mass is 9.85. The Labute approximate surface area is 172 Å². The SMILES string of the molecule is CC(C)(C(=O)NCc1ccc(C2CCC(=O)NC2=O)c(Cl)c1)c1cnc(F)nc1. The maximum atomic E-state index is 12.9. The van der Waals surface area contributed by atoms with Gasteiger partial charge in [0.25, 0.3) is 0 Å². The van der Waals surface area contributed by atoms with E-state index in [1.54, 1.807) is 32.0 Å². The predicted molar refractivity (Wildman–Crippen MR) is 103 cm³/mol. The number of piperidine rings is 1. The van der Waals surface area contributed by atoms with E-state index in [-0.39, 0.29) is 30.7 Å². The van der Waals surface area contributed by atoms with Crippen LogP contribution in [0, 0.1) is 6.08 Å². The largest absolute Gasteiger partial charge is 0.351 e. The van der Waals surface area contributed by atoms with Gasteiger partial charge in [-0.1, -0.05) is 23.7 Å². The second-order valence-electron chi connectivity index (χ2n) is 7.41. The first kappa shape index (κ1) is 20.9. The van der Waals surface area contributed by atoms with Gasteiger partial charge in [-0.2, -0.15) is 4.39 Å². The monoisotopic (exact) mass is 418 g/mol. The van der Waals surface area contributed by atoms with E-state index in [4.69, 9.17) is 11.6 Å². The second-order valence-corrected chi connectivity index (χ2v) is 7.82. The van der Waals surface area contributed by atoms with E-state index < -0.39 is 17.4 Å². The summed E-state index contributed by atoms with van der Waals surface area (Å²) in [5, 5.41) is 5.54. The summed E-state index contributed by atoms with van der Waals surface area (Å²) in [5.74, 6) is -1.39. The molecule has 3 rings (SSSR count). The summed E-state index contributed by atoms with van der Waals surface area (Å²) in [6.45, 7) is 3.61. The lowest BCUT2D eigenvalue weighted by Crippen LogP contribution is -2.40. The number of carbonyl (C=O) groups is 3. The topological polar surface area (TPSA) is 101 Å². The van der Waals surface area contributed by atoms with E-state index in [2.05, 4.69) is 20.6 Å². The van der Waals surface area contributed by atoms with Crippen molar-refractivity contribution < 1.29 is 18.8 Å². The van der Waals surface area contributed by atoms with Crippen LogP contribution in [0.15, 0.2) is 30.6 Å². The highest BCUT2D eigenvalue weighted by Gasteiger charge is 2.31. The van der Waals surface area contributed by atoms with Gasteiger partial charge >= 0.3 is 6.08 Å². The summed E-state index contributed by atoms with van der Waals surface area (Å²) in [5.41, 5.74) is 0.938. The average Bonchev–Trinajstić information content (AvgIpc) is 2.67. The van der Waals surface area contributed by atoms with E-state index in [9.17, 15) is 18.8 Å². The first-order valence-electron chi connectivity index (χ1n) is 9.07. The molecule has 1 aliphatic rings. The summed E-state index contributed by atoms with van der Waals surface area (Å²) < 4.78 is 12.9. The van der Waals surface area contributed by atoms with Crippen LogP contribution in [0.2, 0.25) is 5.02 Å². The highest BCUT2D eigenvalue weighted by molar-refractivity contribution is 6.31. The molecule has 9 heteroatoms. The molecule has 1 unspecified atom stereocenters. The average molecular weight is 419 g/mol. The van der Waals surface area contributed by atoms with Crippen molar-refractivity contribution in [1.82, 2.24) is 20.6 Å². The third-order valence-electron chi connectivity index (χ3n) is 5.04. The van der Waals surface area contributed by atoms with E-state index in [1.165, 1.54) is 12.4 Å². The van der Waals surface area contributed by atoms with Gasteiger partial charge in [-0.25, -0.2) is 9.97 Å². The minimum Gasteiger partial charge on any atom is -0.351 e. The third kappa shape index (κ3) is 4.59. The van der Waals surface area contributed by atoms with Gasteiger partial charge in [-0.3, -0.25) is 19.7 Å². The number of carbonyl (C=O) groups excluding carboxylic acids is 3. The lowest BCUT2D eigenvalue weighted by Gasteiger charge is -2.24. The maximum absolute atomic E-state index is 12.9. The van der Waals surface area contributed by atoms with Crippen LogP contribution in [0.4, 0.5) is 4.39 Å². The van der Waals surface area contributed by atoms with Crippen LogP contribution in [0.3, 0.4) is 0 Å². The number of aromatic nitrogens is 2. The van der Waals surface area contributed by atoms with Crippen LogP contribution in [-0.4, -0.2) is 27.7 Å². The van der Waals surface area contributed by atoms with Crippen LogP contribution >= 0.6 is 11.6 Å². The summed E-state index contributed by atoms with van der Waals surface area (Å²) in [6.07, 6.45) is 2.40. The molecule has 1 aromatic carbocycles. The Morgan fingerprint density at radius 3 is 2.62 bits per heavy atom. The molecular weight excluding hydrogens is 399 g/mol. The number of amides is 3. The zero-order valence-corrected chi connectivity index (χ0v) is 16.7. The van der Waals surface area contributed by atoms with Gasteiger partial charge in [0.2, 0.25) is 17.7 Å². The van der Waals surface area contributed by atoms with Crippen LogP contribution < -0.4 is 10.6 Å². The Bertz CT molecular complexity index is 963. The molecule has 0 spiro atoms. The van der Waals surface area contributed by atoms with Crippen molar-refractivity contribution in [3.8, 4) is 0 Å². The molecule has 29 heavy (non-hydrogen) atoms. The molecule has 3 amide bonds. The summed E-state index contributed by atoms with van der Waals surface area (Å²) in [4.78, 5) is 43.0. The summed E-state index contributed by atoms with van der Waals surface area (Å²) >= 11 is 6.35. The Kier molecular flexibility index (Phi) is 5.93. The number of hydrogen-bond donors (Lipinski definition) is 2. The van der Waals surface area contributed by atoms with Gasteiger partial charge in [0, 0.05) is 35.9 Å². The molecule has 2 heterocycles. The third-order valence-corrected chi connectivity index (χ3v) is 5.37. The van der Waals surface area contributed by atoms with Gasteiger partial charge < -0.3 is 5.32 Å². The van der Waals surface area contributed by atoms with E-state index in [1.807, 2.05) is 0 Å². The number of imide groups is 1. The first-order chi connectivity index (χ1) is 13.7. The normalized spacial score (nSPS) is 17.0. The van der Waals surface area contributed by atoms with Gasteiger partial charge in [0.15, 0.2) is 0 Å². The van der Waals surface area contributed by atoms with Crippen molar-refractivity contribution in [2.75, 3.05) is 0 Å². The molecule has 0 bridgehead atoms. The molecule has 1 saturated heterocycles. The molecule has 0 saturated carbocycles. The van der Waals surface area contributed by atoms with Crippen molar-refractivity contribution in [2.24, 2.45) is 0 Å². The fourth-order valence-corrected chi connectivity index (χ4v) is 3.46. The quantitative estimate of drug-likeness (QED) is 0.573. The fraction of sp³-hybridized carbons (Fsp3) is 0.350. The van der Waals surface area contributed by atoms with Gasteiger partial charge in [-0.15, -0.1) is 0 Å². The summed E-state index contributed by atoms with van der Waals surface area (Å²) in [6, 6.07) is 5.21. The molecule has 0 aliphatic carbocycles. The van der Waals surface area contributed by atoms with Gasteiger partial charge in [0.05, 0.1) is 11.3 Å². The molecule has 1 atom stereocenters. The molecule has 2 aromatic rings. The molecule has 0 radical (unpaired) electrons. The van der Waals surface area contributed by atoms with Crippen molar-refractivity contribution in [1.29, 1.82) is 0 Å². The number of benzene rings is 1. The molecule has 152 valence electrons. The van der Waals surface area contributed by atoms with E-state index >= 15 is 0 Å². The number of halogens is 2. The first-order valence-corrected chi connectivity index (χ1v) is 9.44. The van der Waals surface area contributed by atoms with Crippen molar-refractivity contribution in [3.63, 3.8) is 0 Å². The standard InChI is InChI=1S/C20H20ClFN4O3/c1-20(2,12-9-24-19(22)25-10-12)18(29)23-8-11-3-4-13(15(21)7-11)14-5-6-16(27)26-17(14)28/h3-4,7,9-10,14H,5-6,8H2,1-2H3,(H,23,29)(H,26,27,28). The minimum atomic E-state index is -0.954. The smallest absolute Gasteiger partial charge is 0.308 e. The molecule has 1 aliphatic heterocycles. The minimum absolute atomic E-state index is 0.222. The van der Waals surface area contributed by atoms with Crippen molar-refractivity contribution in [2.45, 2.75) is 44.6 Å². The number of rotatable bonds is 5. The summed E-state index contributed by atoms with van der Waals surface area (Å²) in [7, 11) is 0. The molecule has 1 aromatic heterocycles. The lowest BCUT2D eigenvalue weighted by molar-refractivity contribution is -0.134. The molecule has 7 nitrogen and oxygen atoms in total. The van der Waals surface area contributed by atoms with Crippen molar-refractivity contribution in [3.05, 3.63) is 58.4 Å². The van der Waals surface area contributed by atoms with E-state index in [0.717, 1.165) is 5.56 Å². The van der Waals surface area contributed by atoms with Crippen molar-refractivity contribution >= 4 is 29.3 Å². The second kappa shape index (κ2) is 8.24. The Balaban J connectivity index is 1.67. The zero-order chi connectivity index (χ0) is 21.2. The Morgan fingerprint density at radius 2 is 2.00 bits per heavy atom. The van der Waals surface area contributed by atoms with Crippen LogP contribution in [0.5, 0.6) is 0 Å². The highest BCUT2D eigenvalue weighted by atomic mass is 35.5. The van der Waals surface area contributed by atoms with E-state index in [0.29, 0.717) is 22.6 Å². The predicted octanol–water partition coefficient (Wildman–Crippen LogP) is 2.38. The fourth-order valence-electron chi connectivity index (χ4n) is 3.12. The van der Waals surface area contributed by atoms with Gasteiger partial charge in [-0.05, 0) is 37.5 Å². The maximum Gasteiger partial charge on any atom is 0.308 e. The Morgan fingerprint density at radius 1 is 1.31 bits per heavy atom. The van der Waals surface area contributed by atoms with Crippen LogP contribution in [0.1, 0.15) is 49.3 Å². The number of nitrogens with one attached hydrogen (secondary N) is 2. The van der Waals surface area contributed by atoms with Crippen LogP contribution in [0.25, 0.3) is 0 Å². The van der Waals surface area contributed by atoms with Gasteiger partial charge in [0.1, 0.15) is 0 Å². The number of nitrogens with zero attached hydrogens (tertiary/aromatic N) is 2. The molecular formula is C20H20ClFN4O3. The molecule has 1 fully saturated rings. The number of hydrogen-bond acceptors (Lipinski definition) is 5. The highest BCUT2D eigenvalue weighted by Crippen LogP contribution is 2.31. The van der Waals surface area contributed by atoms with Crippen LogP contribution in [-0.2, 0) is 26.3 Å². The molecule has 2 N–H and O–H groups in total. The zero-order valence-electron chi connectivity index (χ0n) is 16.0. The Hall–Kier alpha value is -2.87.